The summed E-state index contributed by atoms with van der Waals surface area (Å²) in [5, 5.41) is 7.10. The Kier molecular flexibility index (Phi) is 6.02. The molecule has 0 N–H and O–H groups in total. The topological polar surface area (TPSA) is 61.4 Å². The van der Waals surface area contributed by atoms with Gasteiger partial charge in [-0.25, -0.2) is 4.98 Å². The van der Waals surface area contributed by atoms with Gasteiger partial charge in [-0.2, -0.15) is 9.97 Å². The van der Waals surface area contributed by atoms with E-state index in [1.165, 1.54) is 25.6 Å². The summed E-state index contributed by atoms with van der Waals surface area (Å²) >= 11 is 1.83. The van der Waals surface area contributed by atoms with Gasteiger partial charge < -0.3 is 4.57 Å². The zero-order valence-corrected chi connectivity index (χ0v) is 27.9. The average molecular weight is 671 g/mol. The predicted molar refractivity (Wildman–Crippen MR) is 210 cm³/mol. The minimum atomic E-state index is 0.573. The number of pyridine rings is 1. The number of fused-ring (bicyclic) bond motifs is 9. The highest BCUT2D eigenvalue weighted by Crippen LogP contribution is 2.42. The Bertz CT molecular complexity index is 3100. The van der Waals surface area contributed by atoms with Crippen molar-refractivity contribution in [1.82, 2.24) is 29.1 Å². The van der Waals surface area contributed by atoms with E-state index < -0.39 is 0 Å². The molecule has 7 heteroatoms. The molecular weight excluding hydrogens is 645 g/mol. The monoisotopic (exact) mass is 670 g/mol. The van der Waals surface area contributed by atoms with E-state index in [1.807, 2.05) is 41.9 Å². The Labute approximate surface area is 295 Å². The molecule has 5 aromatic heterocycles. The number of hydrogen-bond acceptors (Lipinski definition) is 5. The number of aromatic nitrogens is 6. The minimum absolute atomic E-state index is 0.573. The summed E-state index contributed by atoms with van der Waals surface area (Å²) in [6.07, 6.45) is 3.85. The van der Waals surface area contributed by atoms with Crippen molar-refractivity contribution in [1.29, 1.82) is 0 Å². The van der Waals surface area contributed by atoms with Crippen molar-refractivity contribution >= 4 is 75.1 Å². The Morgan fingerprint density at radius 1 is 0.431 bits per heavy atom. The molecule has 11 rings (SSSR count). The van der Waals surface area contributed by atoms with Crippen molar-refractivity contribution in [2.45, 2.75) is 0 Å². The van der Waals surface area contributed by atoms with E-state index >= 15 is 0 Å². The quantitative estimate of drug-likeness (QED) is 0.187. The molecule has 0 radical (unpaired) electrons. The van der Waals surface area contributed by atoms with Crippen LogP contribution in [0, 0.1) is 0 Å². The van der Waals surface area contributed by atoms with Gasteiger partial charge in [0.15, 0.2) is 11.6 Å². The first-order chi connectivity index (χ1) is 25.3. The molecule has 0 fully saturated rings. The maximum atomic E-state index is 5.30. The second-order valence-electron chi connectivity index (χ2n) is 12.7. The van der Waals surface area contributed by atoms with Gasteiger partial charge in [0, 0.05) is 65.2 Å². The molecular formula is C44H26N6S. The van der Waals surface area contributed by atoms with Gasteiger partial charge in [0.05, 0.1) is 27.8 Å². The lowest BCUT2D eigenvalue weighted by molar-refractivity contribution is 0.951. The van der Waals surface area contributed by atoms with Crippen molar-refractivity contribution < 1.29 is 0 Å². The summed E-state index contributed by atoms with van der Waals surface area (Å²) in [6, 6.07) is 50.9. The van der Waals surface area contributed by atoms with Gasteiger partial charge in [-0.1, -0.05) is 97.1 Å². The predicted octanol–water partition coefficient (Wildman–Crippen LogP) is 11.2. The molecule has 0 saturated heterocycles. The molecule has 6 aromatic carbocycles. The Balaban J connectivity index is 1.22. The van der Waals surface area contributed by atoms with Crippen LogP contribution in [-0.2, 0) is 0 Å². The molecule has 0 aliphatic carbocycles. The fraction of sp³-hybridized carbons (Fsp3) is 0. The van der Waals surface area contributed by atoms with Gasteiger partial charge in [0.25, 0.3) is 0 Å². The largest absolute Gasteiger partial charge is 0.308 e. The fourth-order valence-corrected chi connectivity index (χ4v) is 8.76. The highest BCUT2D eigenvalue weighted by molar-refractivity contribution is 7.25. The van der Waals surface area contributed by atoms with Crippen LogP contribution in [0.2, 0.25) is 0 Å². The Hall–Kier alpha value is -6.70. The number of nitrogens with zero attached hydrogens (tertiary/aromatic N) is 6. The van der Waals surface area contributed by atoms with Crippen molar-refractivity contribution in [3.05, 3.63) is 158 Å². The van der Waals surface area contributed by atoms with Crippen molar-refractivity contribution in [2.24, 2.45) is 0 Å². The van der Waals surface area contributed by atoms with Crippen LogP contribution in [-0.4, -0.2) is 29.1 Å². The van der Waals surface area contributed by atoms with Crippen LogP contribution >= 0.6 is 11.3 Å². The van der Waals surface area contributed by atoms with Gasteiger partial charge in [0.1, 0.15) is 0 Å². The molecule has 0 bridgehead atoms. The van der Waals surface area contributed by atoms with Crippen LogP contribution in [0.25, 0.3) is 98.2 Å². The van der Waals surface area contributed by atoms with Crippen molar-refractivity contribution in [2.75, 3.05) is 0 Å². The summed E-state index contributed by atoms with van der Waals surface area (Å²) in [6.45, 7) is 0. The van der Waals surface area contributed by atoms with Crippen molar-refractivity contribution in [3.63, 3.8) is 0 Å². The summed E-state index contributed by atoms with van der Waals surface area (Å²) < 4.78 is 7.06. The molecule has 6 nitrogen and oxygen atoms in total. The molecule has 11 aromatic rings. The molecule has 0 aliphatic heterocycles. The lowest BCUT2D eigenvalue weighted by Crippen LogP contribution is -2.07. The molecule has 0 saturated carbocycles. The second kappa shape index (κ2) is 10.9. The van der Waals surface area contributed by atoms with E-state index in [2.05, 4.69) is 142 Å². The zero-order valence-electron chi connectivity index (χ0n) is 27.1. The minimum Gasteiger partial charge on any atom is -0.308 e. The van der Waals surface area contributed by atoms with E-state index in [9.17, 15) is 0 Å². The summed E-state index contributed by atoms with van der Waals surface area (Å²) in [5.74, 6) is 1.79. The smallest absolute Gasteiger partial charge is 0.238 e. The zero-order chi connectivity index (χ0) is 33.5. The first-order valence-corrected chi connectivity index (χ1v) is 17.7. The van der Waals surface area contributed by atoms with E-state index in [0.29, 0.717) is 17.6 Å². The molecule has 238 valence electrons. The first kappa shape index (κ1) is 28.2. The molecule has 0 spiro atoms. The molecule has 0 unspecified atom stereocenters. The molecule has 51 heavy (non-hydrogen) atoms. The van der Waals surface area contributed by atoms with Crippen LogP contribution in [0.4, 0.5) is 0 Å². The van der Waals surface area contributed by atoms with Crippen LogP contribution in [0.1, 0.15) is 0 Å². The number of thiophene rings is 1. The summed E-state index contributed by atoms with van der Waals surface area (Å²) in [4.78, 5) is 20.2. The first-order valence-electron chi connectivity index (χ1n) is 16.9. The maximum Gasteiger partial charge on any atom is 0.238 e. The van der Waals surface area contributed by atoms with E-state index in [0.717, 1.165) is 55.0 Å². The molecule has 5 heterocycles. The number of benzene rings is 6. The fourth-order valence-electron chi connectivity index (χ4n) is 7.64. The second-order valence-corrected chi connectivity index (χ2v) is 13.8. The van der Waals surface area contributed by atoms with E-state index in [4.69, 9.17) is 15.0 Å². The van der Waals surface area contributed by atoms with Crippen molar-refractivity contribution in [3.8, 4) is 34.4 Å². The molecule has 0 amide bonds. The number of hydrogen-bond donors (Lipinski definition) is 0. The summed E-state index contributed by atoms with van der Waals surface area (Å²) in [7, 11) is 0. The van der Waals surface area contributed by atoms with Gasteiger partial charge in [-0.3, -0.25) is 9.55 Å². The lowest BCUT2D eigenvalue weighted by Gasteiger charge is -2.15. The van der Waals surface area contributed by atoms with E-state index in [1.54, 1.807) is 0 Å². The number of rotatable bonds is 4. The maximum absolute atomic E-state index is 5.30. The number of para-hydroxylation sites is 3. The van der Waals surface area contributed by atoms with Gasteiger partial charge in [-0.05, 0) is 48.5 Å². The standard InChI is InChI=1S/C44H26N6S/c1-2-12-27(13-3-1)42-46-43(48-44(47-42)50-35-18-8-4-14-28(35)29-15-5-9-19-36(29)50)31-17-6-10-20-37(31)49-38-22-23-45-26-34(38)32-25-41-33(24-39(32)49)30-16-7-11-21-40(30)51-41/h1-26H. The van der Waals surface area contributed by atoms with Crippen LogP contribution in [0.3, 0.4) is 0 Å². The lowest BCUT2D eigenvalue weighted by atomic mass is 10.1. The Morgan fingerprint density at radius 3 is 1.92 bits per heavy atom. The highest BCUT2D eigenvalue weighted by atomic mass is 32.1. The molecule has 0 aliphatic rings. The normalized spacial score (nSPS) is 11.9. The third-order valence-corrected chi connectivity index (χ3v) is 11.0. The SMILES string of the molecule is c1ccc(-c2nc(-c3ccccc3-n3c4ccncc4c4cc5sc6ccccc6c5cc43)nc(-n3c4ccccc4c4ccccc43)n2)cc1. The van der Waals surface area contributed by atoms with Gasteiger partial charge in [-0.15, -0.1) is 11.3 Å². The van der Waals surface area contributed by atoms with Crippen LogP contribution < -0.4 is 0 Å². The van der Waals surface area contributed by atoms with Gasteiger partial charge >= 0.3 is 0 Å². The highest BCUT2D eigenvalue weighted by Gasteiger charge is 2.22. The molecule has 0 atom stereocenters. The third-order valence-electron chi connectivity index (χ3n) is 9.89. The summed E-state index contributed by atoms with van der Waals surface area (Å²) in [5.41, 5.74) is 7.10. The van der Waals surface area contributed by atoms with E-state index in [-0.39, 0.29) is 0 Å². The van der Waals surface area contributed by atoms with Crippen LogP contribution in [0.5, 0.6) is 0 Å². The van der Waals surface area contributed by atoms with Crippen LogP contribution in [0.15, 0.2) is 158 Å². The third kappa shape index (κ3) is 4.22. The Morgan fingerprint density at radius 2 is 1.10 bits per heavy atom. The van der Waals surface area contributed by atoms with Gasteiger partial charge in [0.2, 0.25) is 5.95 Å². The average Bonchev–Trinajstić information content (AvgIpc) is 3.84.